The summed E-state index contributed by atoms with van der Waals surface area (Å²) in [6.45, 7) is 2.46. The van der Waals surface area contributed by atoms with E-state index in [1.807, 2.05) is 21.9 Å². The fourth-order valence-corrected chi connectivity index (χ4v) is 4.21. The lowest BCUT2D eigenvalue weighted by Gasteiger charge is -2.36. The number of anilines is 2. The minimum absolute atomic E-state index is 0.0624. The van der Waals surface area contributed by atoms with Crippen LogP contribution >= 0.6 is 0 Å². The predicted molar refractivity (Wildman–Crippen MR) is 109 cm³/mol. The van der Waals surface area contributed by atoms with Crippen molar-refractivity contribution < 1.29 is 13.2 Å². The van der Waals surface area contributed by atoms with Crippen molar-refractivity contribution in [1.29, 1.82) is 5.26 Å². The van der Waals surface area contributed by atoms with Crippen LogP contribution in [0.3, 0.4) is 0 Å². The monoisotopic (exact) mass is 406 g/mol. The van der Waals surface area contributed by atoms with Gasteiger partial charge in [-0.1, -0.05) is 24.3 Å². The highest BCUT2D eigenvalue weighted by molar-refractivity contribution is 5.53. The molecule has 7 heteroatoms. The standard InChI is InChI=1S/C23H20F2N4O/c24-16-5-3-4-15(12-16)17-13-18(17)22-27-20(14-26)23(30-22)29-10-8-28(9-11-29)21-7-2-1-6-19(21)25/h1-7,12,17-18H,8-11,13H2. The molecule has 0 radical (unpaired) electrons. The van der Waals surface area contributed by atoms with Crippen molar-refractivity contribution in [1.82, 2.24) is 4.98 Å². The highest BCUT2D eigenvalue weighted by atomic mass is 19.1. The first kappa shape index (κ1) is 18.6. The topological polar surface area (TPSA) is 56.3 Å². The van der Waals surface area contributed by atoms with E-state index in [1.54, 1.807) is 24.3 Å². The van der Waals surface area contributed by atoms with Crippen LogP contribution in [0, 0.1) is 23.0 Å². The molecule has 2 aliphatic rings. The minimum atomic E-state index is -0.253. The average Bonchev–Trinajstić information content (AvgIpc) is 3.46. The Morgan fingerprint density at radius 2 is 1.73 bits per heavy atom. The minimum Gasteiger partial charge on any atom is -0.423 e. The van der Waals surface area contributed by atoms with E-state index in [4.69, 9.17) is 4.42 Å². The Morgan fingerprint density at radius 3 is 2.47 bits per heavy atom. The van der Waals surface area contributed by atoms with Crippen LogP contribution in [-0.4, -0.2) is 31.2 Å². The summed E-state index contributed by atoms with van der Waals surface area (Å²) < 4.78 is 33.6. The zero-order chi connectivity index (χ0) is 20.7. The van der Waals surface area contributed by atoms with Gasteiger partial charge >= 0.3 is 0 Å². The SMILES string of the molecule is N#Cc1nc(C2CC2c2cccc(F)c2)oc1N1CCN(c2ccccc2F)CC1. The predicted octanol–water partition coefficient (Wildman–Crippen LogP) is 4.42. The summed E-state index contributed by atoms with van der Waals surface area (Å²) in [5, 5.41) is 9.54. The van der Waals surface area contributed by atoms with Crippen LogP contribution in [0.1, 0.15) is 35.4 Å². The first-order chi connectivity index (χ1) is 14.6. The Balaban J connectivity index is 1.30. The van der Waals surface area contributed by atoms with Crippen LogP contribution in [0.4, 0.5) is 20.4 Å². The Hall–Kier alpha value is -3.40. The Bertz CT molecular complexity index is 1110. The number of aromatic nitrogens is 1. The van der Waals surface area contributed by atoms with E-state index in [0.717, 1.165) is 12.0 Å². The van der Waals surface area contributed by atoms with Crippen LogP contribution in [0.2, 0.25) is 0 Å². The van der Waals surface area contributed by atoms with E-state index >= 15 is 0 Å². The molecule has 1 aliphatic carbocycles. The van der Waals surface area contributed by atoms with Crippen LogP contribution in [0.5, 0.6) is 0 Å². The van der Waals surface area contributed by atoms with E-state index in [-0.39, 0.29) is 29.2 Å². The smallest absolute Gasteiger partial charge is 0.234 e. The number of rotatable bonds is 4. The number of para-hydroxylation sites is 1. The van der Waals surface area contributed by atoms with E-state index in [0.29, 0.717) is 43.6 Å². The molecule has 5 nitrogen and oxygen atoms in total. The average molecular weight is 406 g/mol. The molecule has 1 saturated heterocycles. The van der Waals surface area contributed by atoms with Crippen molar-refractivity contribution in [3.8, 4) is 6.07 Å². The molecule has 2 heterocycles. The number of hydrogen-bond acceptors (Lipinski definition) is 5. The van der Waals surface area contributed by atoms with Crippen molar-refractivity contribution >= 4 is 11.6 Å². The molecule has 1 aromatic heterocycles. The summed E-state index contributed by atoms with van der Waals surface area (Å²) >= 11 is 0. The van der Waals surface area contributed by atoms with Crippen LogP contribution in [-0.2, 0) is 0 Å². The van der Waals surface area contributed by atoms with Gasteiger partial charge in [-0.2, -0.15) is 5.26 Å². The van der Waals surface area contributed by atoms with Crippen molar-refractivity contribution in [2.24, 2.45) is 0 Å². The van der Waals surface area contributed by atoms with Crippen molar-refractivity contribution in [3.05, 3.63) is 77.3 Å². The van der Waals surface area contributed by atoms with Crippen LogP contribution in [0.25, 0.3) is 0 Å². The third-order valence-corrected chi connectivity index (χ3v) is 5.88. The van der Waals surface area contributed by atoms with E-state index in [1.165, 1.54) is 12.1 Å². The van der Waals surface area contributed by atoms with E-state index in [2.05, 4.69) is 11.1 Å². The summed E-state index contributed by atoms with van der Waals surface area (Å²) in [5.74, 6) is 0.751. The summed E-state index contributed by atoms with van der Waals surface area (Å²) in [6, 6.07) is 15.5. The van der Waals surface area contributed by atoms with Gasteiger partial charge in [-0.15, -0.1) is 0 Å². The molecular weight excluding hydrogens is 386 g/mol. The third kappa shape index (κ3) is 3.39. The molecule has 2 unspecified atom stereocenters. The van der Waals surface area contributed by atoms with Gasteiger partial charge in [0.05, 0.1) is 5.69 Å². The Kier molecular flexibility index (Phi) is 4.62. The number of nitriles is 1. The number of nitrogens with zero attached hydrogens (tertiary/aromatic N) is 4. The van der Waals surface area contributed by atoms with Crippen LogP contribution < -0.4 is 9.80 Å². The first-order valence-corrected chi connectivity index (χ1v) is 10.0. The maximum absolute atomic E-state index is 14.1. The van der Waals surface area contributed by atoms with Gasteiger partial charge in [0.2, 0.25) is 17.5 Å². The number of oxazole rings is 1. The molecule has 0 spiro atoms. The van der Waals surface area contributed by atoms with Gasteiger partial charge in [-0.05, 0) is 42.2 Å². The van der Waals surface area contributed by atoms with Gasteiger partial charge in [-0.25, -0.2) is 13.8 Å². The largest absolute Gasteiger partial charge is 0.423 e. The second-order valence-electron chi connectivity index (χ2n) is 7.75. The Labute approximate surface area is 173 Å². The molecule has 3 aromatic rings. The van der Waals surface area contributed by atoms with Gasteiger partial charge < -0.3 is 14.2 Å². The molecule has 30 heavy (non-hydrogen) atoms. The summed E-state index contributed by atoms with van der Waals surface area (Å²) in [4.78, 5) is 8.41. The lowest BCUT2D eigenvalue weighted by molar-refractivity contribution is 0.475. The number of piperazine rings is 1. The molecule has 1 saturated carbocycles. The second-order valence-corrected chi connectivity index (χ2v) is 7.75. The highest BCUT2D eigenvalue weighted by Gasteiger charge is 2.44. The number of hydrogen-bond donors (Lipinski definition) is 0. The maximum Gasteiger partial charge on any atom is 0.234 e. The fourth-order valence-electron chi connectivity index (χ4n) is 4.21. The number of benzene rings is 2. The molecule has 2 fully saturated rings. The lowest BCUT2D eigenvalue weighted by atomic mass is 10.1. The second kappa shape index (κ2) is 7.45. The summed E-state index contributed by atoms with van der Waals surface area (Å²) in [5.41, 5.74) is 1.79. The maximum atomic E-state index is 14.1. The molecule has 2 atom stereocenters. The third-order valence-electron chi connectivity index (χ3n) is 5.88. The first-order valence-electron chi connectivity index (χ1n) is 10.0. The van der Waals surface area contributed by atoms with Gasteiger partial charge in [0.15, 0.2) is 0 Å². The highest BCUT2D eigenvalue weighted by Crippen LogP contribution is 2.55. The van der Waals surface area contributed by atoms with E-state index in [9.17, 15) is 14.0 Å². The van der Waals surface area contributed by atoms with Gasteiger partial charge in [0.25, 0.3) is 0 Å². The molecule has 0 amide bonds. The van der Waals surface area contributed by atoms with Crippen molar-refractivity contribution in [2.45, 2.75) is 18.3 Å². The molecular formula is C23H20F2N4O. The zero-order valence-corrected chi connectivity index (χ0v) is 16.3. The van der Waals surface area contributed by atoms with Gasteiger partial charge in [0, 0.05) is 32.1 Å². The lowest BCUT2D eigenvalue weighted by Crippen LogP contribution is -2.47. The molecule has 0 bridgehead atoms. The Morgan fingerprint density at radius 1 is 0.967 bits per heavy atom. The molecule has 1 aliphatic heterocycles. The summed E-state index contributed by atoms with van der Waals surface area (Å²) in [7, 11) is 0. The van der Waals surface area contributed by atoms with Crippen LogP contribution in [0.15, 0.2) is 52.9 Å². The normalized spacial score (nSPS) is 20.8. The molecule has 152 valence electrons. The zero-order valence-electron chi connectivity index (χ0n) is 16.3. The molecule has 0 N–H and O–H groups in total. The summed E-state index contributed by atoms with van der Waals surface area (Å²) in [6.07, 6.45) is 0.829. The fraction of sp³-hybridized carbons (Fsp3) is 0.304. The quantitative estimate of drug-likeness (QED) is 0.642. The van der Waals surface area contributed by atoms with Crippen molar-refractivity contribution in [2.75, 3.05) is 36.0 Å². The number of halogens is 2. The molecule has 2 aromatic carbocycles. The van der Waals surface area contributed by atoms with Gasteiger partial charge in [0.1, 0.15) is 17.7 Å². The molecule has 5 rings (SSSR count). The van der Waals surface area contributed by atoms with Crippen molar-refractivity contribution in [3.63, 3.8) is 0 Å². The van der Waals surface area contributed by atoms with Gasteiger partial charge in [-0.3, -0.25) is 0 Å². The van der Waals surface area contributed by atoms with E-state index < -0.39 is 0 Å².